The second-order valence-electron chi connectivity index (χ2n) is 6.29. The van der Waals surface area contributed by atoms with Gasteiger partial charge in [-0.1, -0.05) is 20.8 Å². The summed E-state index contributed by atoms with van der Waals surface area (Å²) in [5.74, 6) is -0.272. The first-order chi connectivity index (χ1) is 9.13. The molecule has 0 atom stereocenters. The van der Waals surface area contributed by atoms with E-state index >= 15 is 0 Å². The first kappa shape index (κ1) is 16.7. The first-order valence-corrected chi connectivity index (χ1v) is 9.64. The van der Waals surface area contributed by atoms with E-state index in [0.29, 0.717) is 19.0 Å². The average Bonchev–Trinajstić information content (AvgIpc) is 2.34. The van der Waals surface area contributed by atoms with E-state index in [0.717, 1.165) is 0 Å². The monoisotopic (exact) mass is 296 g/mol. The van der Waals surface area contributed by atoms with Crippen molar-refractivity contribution in [1.29, 1.82) is 0 Å². The van der Waals surface area contributed by atoms with Crippen LogP contribution in [0.15, 0.2) is 24.3 Å². The molecule has 0 radical (unpaired) electrons. The number of benzene rings is 1. The van der Waals surface area contributed by atoms with Crippen LogP contribution < -0.4 is 4.74 Å². The number of carboxylic acid groups (broad SMARTS) is 1. The first-order valence-electron chi connectivity index (χ1n) is 6.73. The highest BCUT2D eigenvalue weighted by atomic mass is 28.4. The molecule has 0 amide bonds. The lowest BCUT2D eigenvalue weighted by molar-refractivity contribution is 0.0697. The Hall–Kier alpha value is -1.33. The zero-order chi connectivity index (χ0) is 15.4. The van der Waals surface area contributed by atoms with Gasteiger partial charge in [0, 0.05) is 0 Å². The van der Waals surface area contributed by atoms with Crippen LogP contribution in [0.2, 0.25) is 18.1 Å². The zero-order valence-electron chi connectivity index (χ0n) is 12.9. The number of rotatable bonds is 6. The van der Waals surface area contributed by atoms with Gasteiger partial charge in [0.25, 0.3) is 0 Å². The summed E-state index contributed by atoms with van der Waals surface area (Å²) in [5, 5.41) is 8.99. The van der Waals surface area contributed by atoms with Gasteiger partial charge >= 0.3 is 5.97 Å². The molecule has 0 aromatic heterocycles. The fourth-order valence-electron chi connectivity index (χ4n) is 1.37. The third-order valence-electron chi connectivity index (χ3n) is 3.72. The summed E-state index contributed by atoms with van der Waals surface area (Å²) < 4.78 is 11.6. The van der Waals surface area contributed by atoms with Gasteiger partial charge in [-0.15, -0.1) is 0 Å². The van der Waals surface area contributed by atoms with Crippen molar-refractivity contribution in [2.45, 2.75) is 38.9 Å². The maximum Gasteiger partial charge on any atom is 0.335 e. The van der Waals surface area contributed by atoms with Crippen molar-refractivity contribution in [3.63, 3.8) is 0 Å². The Morgan fingerprint density at radius 3 is 2.15 bits per heavy atom. The van der Waals surface area contributed by atoms with Gasteiger partial charge in [0.1, 0.15) is 12.4 Å². The van der Waals surface area contributed by atoms with Gasteiger partial charge in [-0.25, -0.2) is 4.79 Å². The third kappa shape index (κ3) is 4.65. The topological polar surface area (TPSA) is 55.8 Å². The van der Waals surface area contributed by atoms with Crippen molar-refractivity contribution in [3.05, 3.63) is 29.8 Å². The lowest BCUT2D eigenvalue weighted by Gasteiger charge is -2.36. The molecule has 0 bridgehead atoms. The van der Waals surface area contributed by atoms with Gasteiger partial charge in [-0.2, -0.15) is 0 Å². The van der Waals surface area contributed by atoms with E-state index < -0.39 is 14.3 Å². The van der Waals surface area contributed by atoms with Crippen LogP contribution in [0.25, 0.3) is 0 Å². The zero-order valence-corrected chi connectivity index (χ0v) is 13.9. The molecular formula is C15H24O4Si. The summed E-state index contributed by atoms with van der Waals surface area (Å²) >= 11 is 0. The number of hydrogen-bond donors (Lipinski definition) is 1. The Balaban J connectivity index is 2.40. The van der Waals surface area contributed by atoms with Crippen LogP contribution in [0.3, 0.4) is 0 Å². The van der Waals surface area contributed by atoms with E-state index in [1.165, 1.54) is 12.1 Å². The molecule has 20 heavy (non-hydrogen) atoms. The van der Waals surface area contributed by atoms with Crippen LogP contribution in [0.4, 0.5) is 0 Å². The van der Waals surface area contributed by atoms with Crippen molar-refractivity contribution < 1.29 is 19.1 Å². The number of ether oxygens (including phenoxy) is 1. The smallest absolute Gasteiger partial charge is 0.335 e. The molecule has 0 saturated carbocycles. The van der Waals surface area contributed by atoms with Crippen molar-refractivity contribution in [2.24, 2.45) is 0 Å². The average molecular weight is 296 g/mol. The van der Waals surface area contributed by atoms with Gasteiger partial charge in [0.2, 0.25) is 0 Å². The highest BCUT2D eigenvalue weighted by Gasteiger charge is 2.36. The van der Waals surface area contributed by atoms with Crippen LogP contribution in [-0.4, -0.2) is 32.6 Å². The SMILES string of the molecule is CC(C)(C)[Si](C)(C)OCCOc1ccc(C(=O)O)cc1. The van der Waals surface area contributed by atoms with E-state index in [1.807, 2.05) is 0 Å². The molecule has 0 unspecified atom stereocenters. The molecule has 1 rings (SSSR count). The summed E-state index contributed by atoms with van der Waals surface area (Å²) in [4.78, 5) is 10.7. The summed E-state index contributed by atoms with van der Waals surface area (Å²) in [6.07, 6.45) is 0. The molecule has 0 saturated heterocycles. The van der Waals surface area contributed by atoms with Crippen LogP contribution in [0.1, 0.15) is 31.1 Å². The van der Waals surface area contributed by atoms with Crippen LogP contribution in [-0.2, 0) is 4.43 Å². The van der Waals surface area contributed by atoms with Gasteiger partial charge in [0.15, 0.2) is 8.32 Å². The summed E-state index contributed by atoms with van der Waals surface area (Å²) in [5.41, 5.74) is 0.259. The maximum atomic E-state index is 10.7. The molecule has 0 spiro atoms. The molecular weight excluding hydrogens is 272 g/mol. The largest absolute Gasteiger partial charge is 0.491 e. The lowest BCUT2D eigenvalue weighted by Crippen LogP contribution is -2.41. The Morgan fingerprint density at radius 1 is 1.15 bits per heavy atom. The highest BCUT2D eigenvalue weighted by molar-refractivity contribution is 6.74. The molecule has 1 aromatic carbocycles. The quantitative estimate of drug-likeness (QED) is 0.641. The minimum absolute atomic E-state index is 0.191. The second-order valence-corrected chi connectivity index (χ2v) is 11.1. The van der Waals surface area contributed by atoms with E-state index in [2.05, 4.69) is 33.9 Å². The van der Waals surface area contributed by atoms with Gasteiger partial charge in [-0.05, 0) is 42.4 Å². The minimum Gasteiger partial charge on any atom is -0.491 e. The molecule has 1 aromatic rings. The molecule has 5 heteroatoms. The van der Waals surface area contributed by atoms with Crippen molar-refractivity contribution in [3.8, 4) is 5.75 Å². The number of hydrogen-bond acceptors (Lipinski definition) is 3. The lowest BCUT2D eigenvalue weighted by atomic mass is 10.2. The van der Waals surface area contributed by atoms with Crippen molar-refractivity contribution >= 4 is 14.3 Å². The van der Waals surface area contributed by atoms with Crippen LogP contribution >= 0.6 is 0 Å². The maximum absolute atomic E-state index is 10.7. The van der Waals surface area contributed by atoms with Gasteiger partial charge in [-0.3, -0.25) is 0 Å². The van der Waals surface area contributed by atoms with E-state index in [4.69, 9.17) is 14.3 Å². The van der Waals surface area contributed by atoms with E-state index in [1.54, 1.807) is 12.1 Å². The summed E-state index contributed by atoms with van der Waals surface area (Å²) in [6.45, 7) is 12.0. The Kier molecular flexibility index (Phi) is 5.36. The fourth-order valence-corrected chi connectivity index (χ4v) is 2.39. The second kappa shape index (κ2) is 6.41. The fraction of sp³-hybridized carbons (Fsp3) is 0.533. The minimum atomic E-state index is -1.72. The normalized spacial score (nSPS) is 12.2. The Bertz CT molecular complexity index is 446. The molecule has 112 valence electrons. The standard InChI is InChI=1S/C15H24O4Si/c1-15(2,3)20(4,5)19-11-10-18-13-8-6-12(7-9-13)14(16)17/h6-9H,10-11H2,1-5H3,(H,16,17). The van der Waals surface area contributed by atoms with Gasteiger partial charge in [0.05, 0.1) is 12.2 Å². The molecule has 0 fully saturated rings. The predicted octanol–water partition coefficient (Wildman–Crippen LogP) is 3.79. The Labute approximate surface area is 121 Å². The molecule has 4 nitrogen and oxygen atoms in total. The molecule has 1 N–H and O–H groups in total. The van der Waals surface area contributed by atoms with E-state index in [-0.39, 0.29) is 10.6 Å². The molecule has 0 aliphatic rings. The molecule has 0 aliphatic carbocycles. The van der Waals surface area contributed by atoms with Crippen LogP contribution in [0, 0.1) is 0 Å². The number of carboxylic acids is 1. The third-order valence-corrected chi connectivity index (χ3v) is 8.26. The highest BCUT2D eigenvalue weighted by Crippen LogP contribution is 2.36. The molecule has 0 aliphatic heterocycles. The van der Waals surface area contributed by atoms with Crippen molar-refractivity contribution in [1.82, 2.24) is 0 Å². The number of carbonyl (C=O) groups is 1. The summed E-state index contributed by atoms with van der Waals surface area (Å²) in [7, 11) is -1.72. The Morgan fingerprint density at radius 2 is 1.70 bits per heavy atom. The van der Waals surface area contributed by atoms with Crippen LogP contribution in [0.5, 0.6) is 5.75 Å². The van der Waals surface area contributed by atoms with E-state index in [9.17, 15) is 4.79 Å². The molecule has 0 heterocycles. The predicted molar refractivity (Wildman–Crippen MR) is 82.0 cm³/mol. The summed E-state index contributed by atoms with van der Waals surface area (Å²) in [6, 6.07) is 6.39. The van der Waals surface area contributed by atoms with Crippen molar-refractivity contribution in [2.75, 3.05) is 13.2 Å². The van der Waals surface area contributed by atoms with Gasteiger partial charge < -0.3 is 14.3 Å². The number of aromatic carboxylic acids is 1.